The zero-order valence-electron chi connectivity index (χ0n) is 19.1. The molecule has 2 aromatic heterocycles. The molecule has 3 aromatic rings. The van der Waals surface area contributed by atoms with E-state index in [-0.39, 0.29) is 16.9 Å². The molecule has 4 rings (SSSR count). The highest BCUT2D eigenvalue weighted by Gasteiger charge is 2.30. The third-order valence-corrected chi connectivity index (χ3v) is 6.04. The zero-order valence-corrected chi connectivity index (χ0v) is 19.1. The Kier molecular flexibility index (Phi) is 4.95. The molecule has 1 fully saturated rings. The van der Waals surface area contributed by atoms with Crippen molar-refractivity contribution < 1.29 is 9.90 Å². The van der Waals surface area contributed by atoms with Crippen LogP contribution in [0.4, 0.5) is 5.69 Å². The maximum atomic E-state index is 13.1. The Morgan fingerprint density at radius 2 is 1.97 bits per heavy atom. The molecule has 0 saturated carbocycles. The highest BCUT2D eigenvalue weighted by atomic mass is 16.3. The minimum Gasteiger partial charge on any atom is -0.508 e. The number of hydrogen-bond donors (Lipinski definition) is 1. The highest BCUT2D eigenvalue weighted by molar-refractivity contribution is 6.09. The molecule has 1 aromatic carbocycles. The Balaban J connectivity index is 1.82. The first-order chi connectivity index (χ1) is 14.5. The molecule has 1 aliphatic heterocycles. The zero-order chi connectivity index (χ0) is 22.6. The topological polar surface area (TPSA) is 58.4 Å². The molecule has 0 spiro atoms. The van der Waals surface area contributed by atoms with Gasteiger partial charge in [-0.1, -0.05) is 41.2 Å². The fraction of sp³-hybridized carbons (Fsp3) is 0.385. The average Bonchev–Trinajstić information content (AvgIpc) is 3.25. The molecule has 0 unspecified atom stereocenters. The number of aromatic nitrogens is 2. The molecule has 3 heterocycles. The summed E-state index contributed by atoms with van der Waals surface area (Å²) in [6, 6.07) is 9.51. The second kappa shape index (κ2) is 7.26. The maximum absolute atomic E-state index is 13.1. The van der Waals surface area contributed by atoms with E-state index in [0.29, 0.717) is 11.1 Å². The van der Waals surface area contributed by atoms with E-state index in [2.05, 4.69) is 31.4 Å². The van der Waals surface area contributed by atoms with Crippen molar-refractivity contribution in [1.29, 1.82) is 0 Å². The number of aromatic hydroxyl groups is 1. The van der Waals surface area contributed by atoms with E-state index in [1.165, 1.54) is 0 Å². The smallest absolute Gasteiger partial charge is 0.171 e. The number of carbonyl (C=O) groups excluding carboxylic acids is 1. The van der Waals surface area contributed by atoms with Gasteiger partial charge in [0.25, 0.3) is 0 Å². The van der Waals surface area contributed by atoms with Gasteiger partial charge in [-0.3, -0.25) is 4.79 Å². The molecule has 1 N–H and O–H groups in total. The Morgan fingerprint density at radius 3 is 2.58 bits per heavy atom. The molecule has 0 atom stereocenters. The van der Waals surface area contributed by atoms with E-state index < -0.39 is 5.41 Å². The van der Waals surface area contributed by atoms with Crippen molar-refractivity contribution in [2.45, 2.75) is 41.0 Å². The minimum atomic E-state index is -0.515. The van der Waals surface area contributed by atoms with Crippen molar-refractivity contribution in [1.82, 2.24) is 9.55 Å². The number of hydrogen-bond acceptors (Lipinski definition) is 4. The van der Waals surface area contributed by atoms with Gasteiger partial charge in [0.05, 0.1) is 22.3 Å². The first-order valence-corrected chi connectivity index (χ1v) is 10.8. The summed E-state index contributed by atoms with van der Waals surface area (Å²) in [6.45, 7) is 16.1. The van der Waals surface area contributed by atoms with Crippen LogP contribution < -0.4 is 4.90 Å². The monoisotopic (exact) mass is 417 g/mol. The molecule has 31 heavy (non-hydrogen) atoms. The minimum absolute atomic E-state index is 0.0404. The number of phenols is 1. The Morgan fingerprint density at radius 1 is 1.23 bits per heavy atom. The van der Waals surface area contributed by atoms with Crippen LogP contribution in [-0.4, -0.2) is 33.5 Å². The highest BCUT2D eigenvalue weighted by Crippen LogP contribution is 2.37. The summed E-state index contributed by atoms with van der Waals surface area (Å²) in [5.41, 5.74) is 4.40. The lowest BCUT2D eigenvalue weighted by Gasteiger charge is -2.22. The van der Waals surface area contributed by atoms with Crippen molar-refractivity contribution in [2.75, 3.05) is 18.0 Å². The molecule has 5 heteroatoms. The average molecular weight is 418 g/mol. The van der Waals surface area contributed by atoms with E-state index in [4.69, 9.17) is 4.98 Å². The van der Waals surface area contributed by atoms with Gasteiger partial charge in [-0.15, -0.1) is 0 Å². The van der Waals surface area contributed by atoms with Gasteiger partial charge in [0, 0.05) is 48.2 Å². The van der Waals surface area contributed by atoms with Gasteiger partial charge in [0.15, 0.2) is 5.78 Å². The van der Waals surface area contributed by atoms with Crippen LogP contribution in [-0.2, 0) is 0 Å². The van der Waals surface area contributed by atoms with Crippen LogP contribution in [0.15, 0.2) is 43.1 Å². The van der Waals surface area contributed by atoms with Crippen LogP contribution >= 0.6 is 0 Å². The van der Waals surface area contributed by atoms with Crippen LogP contribution in [0.1, 0.15) is 51.4 Å². The number of ketones is 1. The first-order valence-electron chi connectivity index (χ1n) is 10.8. The SMILES string of the molecule is C=Cn1cc(C(=O)C(C)(C)C)c2nc(-c3cc(O)cc(N4CCC(C)(C)C4)c3)ccc21. The number of phenolic OH excluding ortho intramolecular Hbond substituents is 1. The number of benzene rings is 1. The summed E-state index contributed by atoms with van der Waals surface area (Å²) in [5, 5.41) is 10.4. The molecule has 162 valence electrons. The summed E-state index contributed by atoms with van der Waals surface area (Å²) < 4.78 is 1.84. The summed E-state index contributed by atoms with van der Waals surface area (Å²) in [6.07, 6.45) is 4.61. The molecule has 5 nitrogen and oxygen atoms in total. The van der Waals surface area contributed by atoms with Gasteiger partial charge >= 0.3 is 0 Å². The van der Waals surface area contributed by atoms with Gasteiger partial charge in [0.2, 0.25) is 0 Å². The largest absolute Gasteiger partial charge is 0.508 e. The third kappa shape index (κ3) is 3.97. The molecule has 0 radical (unpaired) electrons. The van der Waals surface area contributed by atoms with Crippen molar-refractivity contribution in [3.8, 4) is 17.0 Å². The number of Topliss-reactive ketones (excluding diaryl/α,β-unsaturated/α-hetero) is 1. The predicted octanol–water partition coefficient (Wildman–Crippen LogP) is 5.97. The number of anilines is 1. The van der Waals surface area contributed by atoms with E-state index in [9.17, 15) is 9.90 Å². The fourth-order valence-electron chi connectivity index (χ4n) is 4.27. The normalized spacial score (nSPS) is 16.1. The van der Waals surface area contributed by atoms with Crippen LogP contribution in [0.2, 0.25) is 0 Å². The second-order valence-electron chi connectivity index (χ2n) is 10.3. The number of rotatable bonds is 4. The predicted molar refractivity (Wildman–Crippen MR) is 128 cm³/mol. The molecular formula is C26H31N3O2. The standard InChI is InChI=1S/C26H31N3O2/c1-7-28-15-20(24(31)25(2,3)4)23-22(28)9-8-21(27-23)17-12-18(14-19(30)13-17)29-11-10-26(5,6)16-29/h7-9,12-15,30H,1,10-11,16H2,2-6H3. The lowest BCUT2D eigenvalue weighted by atomic mass is 9.87. The maximum Gasteiger partial charge on any atom is 0.171 e. The number of nitrogens with zero attached hydrogens (tertiary/aromatic N) is 3. The molecular weight excluding hydrogens is 386 g/mol. The lowest BCUT2D eigenvalue weighted by molar-refractivity contribution is 0.0860. The van der Waals surface area contributed by atoms with Crippen LogP contribution in [0.3, 0.4) is 0 Å². The lowest BCUT2D eigenvalue weighted by Crippen LogP contribution is -2.22. The summed E-state index contributed by atoms with van der Waals surface area (Å²) in [7, 11) is 0. The van der Waals surface area contributed by atoms with Crippen LogP contribution in [0.25, 0.3) is 28.5 Å². The van der Waals surface area contributed by atoms with E-state index in [1.54, 1.807) is 12.3 Å². The van der Waals surface area contributed by atoms with Crippen molar-refractivity contribution >= 4 is 28.7 Å². The van der Waals surface area contributed by atoms with E-state index >= 15 is 0 Å². The molecule has 0 aliphatic carbocycles. The van der Waals surface area contributed by atoms with Crippen molar-refractivity contribution in [3.63, 3.8) is 0 Å². The van der Waals surface area contributed by atoms with Crippen molar-refractivity contribution in [3.05, 3.63) is 48.7 Å². The third-order valence-electron chi connectivity index (χ3n) is 6.04. The Labute approximate surface area is 184 Å². The summed E-state index contributed by atoms with van der Waals surface area (Å²) >= 11 is 0. The van der Waals surface area contributed by atoms with E-state index in [0.717, 1.165) is 42.0 Å². The fourth-order valence-corrected chi connectivity index (χ4v) is 4.27. The molecule has 0 amide bonds. The van der Waals surface area contributed by atoms with Gasteiger partial charge in [-0.05, 0) is 36.1 Å². The Bertz CT molecular complexity index is 1180. The van der Waals surface area contributed by atoms with E-state index in [1.807, 2.05) is 49.7 Å². The van der Waals surface area contributed by atoms with Crippen molar-refractivity contribution in [2.24, 2.45) is 10.8 Å². The first kappa shape index (κ1) is 21.2. The van der Waals surface area contributed by atoms with Gasteiger partial charge in [-0.2, -0.15) is 0 Å². The number of carbonyl (C=O) groups is 1. The molecule has 0 bridgehead atoms. The number of fused-ring (bicyclic) bond motifs is 1. The number of pyridine rings is 1. The summed E-state index contributed by atoms with van der Waals surface area (Å²) in [5.74, 6) is 0.257. The van der Waals surface area contributed by atoms with Crippen LogP contribution in [0, 0.1) is 10.8 Å². The van der Waals surface area contributed by atoms with Gasteiger partial charge in [-0.25, -0.2) is 4.98 Å². The quantitative estimate of drug-likeness (QED) is 0.531. The second-order valence-corrected chi connectivity index (χ2v) is 10.3. The van der Waals surface area contributed by atoms with Crippen LogP contribution in [0.5, 0.6) is 5.75 Å². The molecule has 1 saturated heterocycles. The van der Waals surface area contributed by atoms with Gasteiger partial charge < -0.3 is 14.6 Å². The molecule has 1 aliphatic rings. The Hall–Kier alpha value is -3.08. The summed E-state index contributed by atoms with van der Waals surface area (Å²) in [4.78, 5) is 20.2. The van der Waals surface area contributed by atoms with Gasteiger partial charge in [0.1, 0.15) is 5.75 Å².